The summed E-state index contributed by atoms with van der Waals surface area (Å²) >= 11 is 0. The van der Waals surface area contributed by atoms with E-state index in [1.807, 2.05) is 42.5 Å². The Balaban J connectivity index is 1.65. The molecule has 0 aliphatic carbocycles. The molecule has 0 atom stereocenters. The minimum absolute atomic E-state index is 0.527. The van der Waals surface area contributed by atoms with Crippen molar-refractivity contribution in [1.82, 2.24) is 9.88 Å². The Morgan fingerprint density at radius 1 is 1.28 bits per heavy atom. The van der Waals surface area contributed by atoms with Gasteiger partial charge in [-0.1, -0.05) is 18.2 Å². The molecule has 6 nitrogen and oxygen atoms in total. The molecular formula is C19H21N5O. The molecule has 0 saturated carbocycles. The predicted molar refractivity (Wildman–Crippen MR) is 100.0 cm³/mol. The molecule has 0 radical (unpaired) electrons. The molecule has 1 fully saturated rings. The third-order valence-electron chi connectivity index (χ3n) is 3.89. The van der Waals surface area contributed by atoms with Crippen molar-refractivity contribution in [2.45, 2.75) is 6.42 Å². The number of likely N-dealkylation sites (tertiary alicyclic amines) is 1. The van der Waals surface area contributed by atoms with E-state index in [0.29, 0.717) is 24.0 Å². The summed E-state index contributed by atoms with van der Waals surface area (Å²) in [6.45, 7) is 5.09. The van der Waals surface area contributed by atoms with E-state index in [-0.39, 0.29) is 0 Å². The van der Waals surface area contributed by atoms with Crippen LogP contribution in [0.25, 0.3) is 0 Å². The highest BCUT2D eigenvalue weighted by atomic mass is 16.5. The number of nitrogens with one attached hydrogen (secondary N) is 1. The molecule has 2 heterocycles. The molecular weight excluding hydrogens is 314 g/mol. The van der Waals surface area contributed by atoms with Gasteiger partial charge in [0.25, 0.3) is 0 Å². The molecule has 1 saturated heterocycles. The van der Waals surface area contributed by atoms with Crippen molar-refractivity contribution in [3.8, 4) is 5.75 Å². The lowest BCUT2D eigenvalue weighted by molar-refractivity contribution is 0.403. The topological polar surface area (TPSA) is 75.8 Å². The Kier molecular flexibility index (Phi) is 5.31. The number of ether oxygens (including phenoxy) is 1. The van der Waals surface area contributed by atoms with Crippen LogP contribution in [0.2, 0.25) is 0 Å². The second-order valence-electron chi connectivity index (χ2n) is 5.61. The Morgan fingerprint density at radius 3 is 2.84 bits per heavy atom. The van der Waals surface area contributed by atoms with Crippen LogP contribution in [0.1, 0.15) is 6.42 Å². The summed E-state index contributed by atoms with van der Waals surface area (Å²) in [5, 5.41) is 3.20. The fourth-order valence-corrected chi connectivity index (χ4v) is 2.57. The molecule has 1 aliphatic heterocycles. The third-order valence-corrected chi connectivity index (χ3v) is 3.89. The summed E-state index contributed by atoms with van der Waals surface area (Å²) in [5.41, 5.74) is 8.25. The monoisotopic (exact) mass is 335 g/mol. The molecule has 0 unspecified atom stereocenters. The van der Waals surface area contributed by atoms with Gasteiger partial charge in [-0.2, -0.15) is 0 Å². The van der Waals surface area contributed by atoms with Gasteiger partial charge in [-0.25, -0.2) is 4.99 Å². The smallest absolute Gasteiger partial charge is 0.219 e. The Morgan fingerprint density at radius 2 is 2.12 bits per heavy atom. The first-order valence-electron chi connectivity index (χ1n) is 8.05. The van der Waals surface area contributed by atoms with E-state index in [4.69, 9.17) is 10.5 Å². The van der Waals surface area contributed by atoms with Crippen molar-refractivity contribution in [3.05, 3.63) is 78.3 Å². The third kappa shape index (κ3) is 4.38. The number of hydrogen-bond acceptors (Lipinski definition) is 6. The molecule has 1 aliphatic rings. The van der Waals surface area contributed by atoms with Gasteiger partial charge in [-0.3, -0.25) is 4.98 Å². The molecule has 2 aromatic rings. The van der Waals surface area contributed by atoms with E-state index in [1.165, 1.54) is 0 Å². The maximum atomic E-state index is 6.19. The van der Waals surface area contributed by atoms with E-state index >= 15 is 0 Å². The second kappa shape index (κ2) is 8.01. The molecule has 0 spiro atoms. The van der Waals surface area contributed by atoms with Crippen LogP contribution in [0.15, 0.2) is 83.3 Å². The van der Waals surface area contributed by atoms with Crippen molar-refractivity contribution in [2.24, 2.45) is 10.7 Å². The SMILES string of the molecule is C=N/C(Oc1cccnc1)=C1/CCN(/C(N)=C/Nc2ccccc2)C1. The zero-order valence-corrected chi connectivity index (χ0v) is 13.9. The zero-order valence-electron chi connectivity index (χ0n) is 13.9. The molecule has 3 rings (SSSR count). The summed E-state index contributed by atoms with van der Waals surface area (Å²) < 4.78 is 5.79. The van der Waals surface area contributed by atoms with Gasteiger partial charge in [0.1, 0.15) is 11.6 Å². The second-order valence-corrected chi connectivity index (χ2v) is 5.61. The molecule has 1 aromatic carbocycles. The van der Waals surface area contributed by atoms with E-state index in [0.717, 1.165) is 24.2 Å². The Labute approximate surface area is 147 Å². The van der Waals surface area contributed by atoms with Crippen molar-refractivity contribution in [1.29, 1.82) is 0 Å². The summed E-state index contributed by atoms with van der Waals surface area (Å²) in [6.07, 6.45) is 5.98. The van der Waals surface area contributed by atoms with E-state index in [9.17, 15) is 0 Å². The number of nitrogens with two attached hydrogens (primary N) is 1. The Bertz CT molecular complexity index is 771. The quantitative estimate of drug-likeness (QED) is 0.627. The standard InChI is InChI=1S/C19H21N5O/c1-21-19(25-17-8-5-10-22-12-17)15-9-11-24(14-15)18(20)13-23-16-6-3-2-4-7-16/h2-8,10,12-13,23H,1,9,11,14,20H2/b18-13+,19-15+. The fraction of sp³-hybridized carbons (Fsp3) is 0.158. The van der Waals surface area contributed by atoms with Crippen molar-refractivity contribution in [3.63, 3.8) is 0 Å². The van der Waals surface area contributed by atoms with Gasteiger partial charge in [0, 0.05) is 36.7 Å². The lowest BCUT2D eigenvalue weighted by Gasteiger charge is -2.17. The normalized spacial score (nSPS) is 16.5. The highest BCUT2D eigenvalue weighted by Gasteiger charge is 2.21. The van der Waals surface area contributed by atoms with Gasteiger partial charge < -0.3 is 20.7 Å². The van der Waals surface area contributed by atoms with Crippen LogP contribution < -0.4 is 15.8 Å². The molecule has 25 heavy (non-hydrogen) atoms. The lowest BCUT2D eigenvalue weighted by Crippen LogP contribution is -2.25. The number of nitrogens with zero attached hydrogens (tertiary/aromatic N) is 3. The lowest BCUT2D eigenvalue weighted by atomic mass is 10.2. The van der Waals surface area contributed by atoms with E-state index < -0.39 is 0 Å². The number of pyridine rings is 1. The number of anilines is 1. The van der Waals surface area contributed by atoms with Gasteiger partial charge in [0.05, 0.1) is 6.20 Å². The van der Waals surface area contributed by atoms with Crippen molar-refractivity contribution >= 4 is 12.4 Å². The van der Waals surface area contributed by atoms with Crippen LogP contribution in [0.5, 0.6) is 5.75 Å². The maximum Gasteiger partial charge on any atom is 0.219 e. The number of hydrogen-bond donors (Lipinski definition) is 2. The average molecular weight is 335 g/mol. The number of para-hydroxylation sites is 1. The van der Waals surface area contributed by atoms with E-state index in [2.05, 4.69) is 26.9 Å². The molecule has 1 aromatic heterocycles. The summed E-state index contributed by atoms with van der Waals surface area (Å²) in [7, 11) is 0. The molecule has 3 N–H and O–H groups in total. The number of aliphatic imine (C=N–C) groups is 1. The van der Waals surface area contributed by atoms with Crippen molar-refractivity contribution < 1.29 is 4.74 Å². The summed E-state index contributed by atoms with van der Waals surface area (Å²) in [5.74, 6) is 1.84. The van der Waals surface area contributed by atoms with Gasteiger partial charge in [-0.15, -0.1) is 0 Å². The molecule has 0 amide bonds. The first-order chi connectivity index (χ1) is 12.3. The average Bonchev–Trinajstić information content (AvgIpc) is 3.16. The van der Waals surface area contributed by atoms with E-state index in [1.54, 1.807) is 18.6 Å². The number of rotatable bonds is 6. The van der Waals surface area contributed by atoms with Crippen LogP contribution in [-0.4, -0.2) is 29.7 Å². The predicted octanol–water partition coefficient (Wildman–Crippen LogP) is 2.95. The highest BCUT2D eigenvalue weighted by molar-refractivity contribution is 5.45. The van der Waals surface area contributed by atoms with Crippen LogP contribution in [0.3, 0.4) is 0 Å². The maximum absolute atomic E-state index is 6.19. The minimum atomic E-state index is 0.527. The molecule has 128 valence electrons. The number of benzene rings is 1. The minimum Gasteiger partial charge on any atom is -0.437 e. The largest absolute Gasteiger partial charge is 0.437 e. The summed E-state index contributed by atoms with van der Waals surface area (Å²) in [4.78, 5) is 10.1. The van der Waals surface area contributed by atoms with Crippen LogP contribution in [0.4, 0.5) is 5.69 Å². The van der Waals surface area contributed by atoms with Gasteiger partial charge in [0.15, 0.2) is 0 Å². The molecule has 0 bridgehead atoms. The fourth-order valence-electron chi connectivity index (χ4n) is 2.57. The summed E-state index contributed by atoms with van der Waals surface area (Å²) in [6, 6.07) is 13.5. The van der Waals surface area contributed by atoms with Crippen molar-refractivity contribution in [2.75, 3.05) is 18.4 Å². The van der Waals surface area contributed by atoms with Gasteiger partial charge in [0.2, 0.25) is 5.88 Å². The van der Waals surface area contributed by atoms with Gasteiger partial charge >= 0.3 is 0 Å². The van der Waals surface area contributed by atoms with Crippen LogP contribution >= 0.6 is 0 Å². The Hall–Kier alpha value is -3.28. The zero-order chi connectivity index (χ0) is 17.5. The number of aromatic nitrogens is 1. The first kappa shape index (κ1) is 16.6. The highest BCUT2D eigenvalue weighted by Crippen LogP contribution is 2.24. The van der Waals surface area contributed by atoms with Gasteiger partial charge in [-0.05, 0) is 37.4 Å². The molecule has 6 heteroatoms. The van der Waals surface area contributed by atoms with Crippen LogP contribution in [0, 0.1) is 0 Å². The van der Waals surface area contributed by atoms with Crippen LogP contribution in [-0.2, 0) is 0 Å². The first-order valence-corrected chi connectivity index (χ1v) is 8.05.